The van der Waals surface area contributed by atoms with Crippen molar-refractivity contribution < 1.29 is 14.7 Å². The number of thioether (sulfide) groups is 1. The molecule has 0 saturated carbocycles. The molecule has 1 amide bonds. The van der Waals surface area contributed by atoms with Gasteiger partial charge in [0.2, 0.25) is 0 Å². The SMILES string of the molecule is CC1SCC(C(=O)O)N1C(=O)c1ccc2cc[nH]c2c1. The Labute approximate surface area is 120 Å². The molecule has 0 aliphatic carbocycles. The maximum atomic E-state index is 12.6. The maximum absolute atomic E-state index is 12.6. The quantitative estimate of drug-likeness (QED) is 0.889. The molecule has 1 saturated heterocycles. The lowest BCUT2D eigenvalue weighted by atomic mass is 10.1. The van der Waals surface area contributed by atoms with Gasteiger partial charge in [0, 0.05) is 23.0 Å². The predicted octanol–water partition coefficient (Wildman–Crippen LogP) is 2.16. The molecule has 0 bridgehead atoms. The van der Waals surface area contributed by atoms with Gasteiger partial charge in [-0.2, -0.15) is 0 Å². The summed E-state index contributed by atoms with van der Waals surface area (Å²) in [6, 6.07) is 6.56. The molecule has 1 aromatic carbocycles. The average molecular weight is 290 g/mol. The highest BCUT2D eigenvalue weighted by Crippen LogP contribution is 2.30. The van der Waals surface area contributed by atoms with Gasteiger partial charge < -0.3 is 15.0 Å². The van der Waals surface area contributed by atoms with Gasteiger partial charge in [-0.15, -0.1) is 11.8 Å². The van der Waals surface area contributed by atoms with Crippen molar-refractivity contribution in [2.75, 3.05) is 5.75 Å². The zero-order chi connectivity index (χ0) is 14.3. The van der Waals surface area contributed by atoms with Crippen LogP contribution in [0.4, 0.5) is 0 Å². The van der Waals surface area contributed by atoms with E-state index in [0.717, 1.165) is 10.9 Å². The summed E-state index contributed by atoms with van der Waals surface area (Å²) in [6.07, 6.45) is 1.81. The Kier molecular flexibility index (Phi) is 3.17. The summed E-state index contributed by atoms with van der Waals surface area (Å²) >= 11 is 1.49. The predicted molar refractivity (Wildman–Crippen MR) is 77.8 cm³/mol. The minimum atomic E-state index is -0.948. The van der Waals surface area contributed by atoms with Gasteiger partial charge in [-0.1, -0.05) is 6.07 Å². The van der Waals surface area contributed by atoms with Crippen LogP contribution in [0.25, 0.3) is 10.9 Å². The lowest BCUT2D eigenvalue weighted by Crippen LogP contribution is -2.44. The number of nitrogens with one attached hydrogen (secondary N) is 1. The summed E-state index contributed by atoms with van der Waals surface area (Å²) in [7, 11) is 0. The molecule has 1 aliphatic heterocycles. The number of aromatic nitrogens is 1. The second-order valence-corrected chi connectivity index (χ2v) is 6.13. The highest BCUT2D eigenvalue weighted by molar-refractivity contribution is 8.00. The van der Waals surface area contributed by atoms with E-state index in [1.54, 1.807) is 12.1 Å². The number of H-pyrrole nitrogens is 1. The van der Waals surface area contributed by atoms with Gasteiger partial charge in [-0.05, 0) is 30.5 Å². The number of carbonyl (C=O) groups is 2. The number of aliphatic carboxylic acids is 1. The van der Waals surface area contributed by atoms with Crippen molar-refractivity contribution in [1.82, 2.24) is 9.88 Å². The topological polar surface area (TPSA) is 73.4 Å². The number of hydrogen-bond acceptors (Lipinski definition) is 3. The number of nitrogens with zero attached hydrogens (tertiary/aromatic N) is 1. The number of rotatable bonds is 2. The molecule has 2 aromatic rings. The van der Waals surface area contributed by atoms with E-state index in [9.17, 15) is 14.7 Å². The molecule has 1 aromatic heterocycles. The number of carboxylic acids is 1. The number of benzene rings is 1. The van der Waals surface area contributed by atoms with Gasteiger partial charge in [-0.25, -0.2) is 4.79 Å². The molecule has 6 heteroatoms. The number of carbonyl (C=O) groups excluding carboxylic acids is 1. The Hall–Kier alpha value is -1.95. The fourth-order valence-corrected chi connectivity index (χ4v) is 3.64. The number of aromatic amines is 1. The highest BCUT2D eigenvalue weighted by Gasteiger charge is 2.39. The third-order valence-electron chi connectivity index (χ3n) is 3.54. The zero-order valence-corrected chi connectivity index (χ0v) is 11.7. The lowest BCUT2D eigenvalue weighted by Gasteiger charge is -2.25. The van der Waals surface area contributed by atoms with Gasteiger partial charge in [0.25, 0.3) is 5.91 Å². The van der Waals surface area contributed by atoms with E-state index in [-0.39, 0.29) is 11.3 Å². The molecule has 1 fully saturated rings. The van der Waals surface area contributed by atoms with Crippen LogP contribution >= 0.6 is 11.8 Å². The van der Waals surface area contributed by atoms with Crippen molar-refractivity contribution in [3.63, 3.8) is 0 Å². The van der Waals surface area contributed by atoms with Crippen LogP contribution in [-0.4, -0.2) is 44.0 Å². The molecule has 20 heavy (non-hydrogen) atoms. The van der Waals surface area contributed by atoms with Gasteiger partial charge in [0.15, 0.2) is 0 Å². The Bertz CT molecular complexity index is 682. The van der Waals surface area contributed by atoms with Crippen LogP contribution < -0.4 is 0 Å². The molecular weight excluding hydrogens is 276 g/mol. The molecule has 3 rings (SSSR count). The molecule has 1 aliphatic rings. The lowest BCUT2D eigenvalue weighted by molar-refractivity contribution is -0.141. The van der Waals surface area contributed by atoms with Crippen LogP contribution in [0.5, 0.6) is 0 Å². The number of amides is 1. The summed E-state index contributed by atoms with van der Waals surface area (Å²) in [4.78, 5) is 28.3. The van der Waals surface area contributed by atoms with Gasteiger partial charge in [-0.3, -0.25) is 4.79 Å². The van der Waals surface area contributed by atoms with E-state index in [4.69, 9.17) is 0 Å². The summed E-state index contributed by atoms with van der Waals surface area (Å²) < 4.78 is 0. The Morgan fingerprint density at radius 3 is 2.95 bits per heavy atom. The van der Waals surface area contributed by atoms with Crippen molar-refractivity contribution in [3.8, 4) is 0 Å². The summed E-state index contributed by atoms with van der Waals surface area (Å²) in [5.41, 5.74) is 1.39. The van der Waals surface area contributed by atoms with Crippen molar-refractivity contribution >= 4 is 34.5 Å². The third-order valence-corrected chi connectivity index (χ3v) is 4.76. The van der Waals surface area contributed by atoms with E-state index >= 15 is 0 Å². The first-order chi connectivity index (χ1) is 9.58. The first-order valence-corrected chi connectivity index (χ1v) is 7.37. The maximum Gasteiger partial charge on any atom is 0.327 e. The first-order valence-electron chi connectivity index (χ1n) is 6.32. The minimum absolute atomic E-state index is 0.122. The van der Waals surface area contributed by atoms with Gasteiger partial charge in [0.1, 0.15) is 6.04 Å². The number of hydrogen-bond donors (Lipinski definition) is 2. The Balaban J connectivity index is 1.95. The fourth-order valence-electron chi connectivity index (χ4n) is 2.47. The largest absolute Gasteiger partial charge is 0.480 e. The van der Waals surface area contributed by atoms with Crippen LogP contribution in [0.1, 0.15) is 17.3 Å². The van der Waals surface area contributed by atoms with E-state index in [2.05, 4.69) is 4.98 Å². The first kappa shape index (κ1) is 13.1. The molecule has 2 heterocycles. The summed E-state index contributed by atoms with van der Waals surface area (Å²) in [5.74, 6) is -0.741. The van der Waals surface area contributed by atoms with Crippen molar-refractivity contribution in [2.24, 2.45) is 0 Å². The summed E-state index contributed by atoms with van der Waals surface area (Å²) in [5, 5.41) is 10.1. The molecule has 2 N–H and O–H groups in total. The normalized spacial score (nSPS) is 22.4. The van der Waals surface area contributed by atoms with E-state index in [1.807, 2.05) is 25.3 Å². The second kappa shape index (κ2) is 4.86. The standard InChI is InChI=1S/C14H14N2O3S/c1-8-16(12(7-20-8)14(18)19)13(17)10-3-2-9-4-5-15-11(9)6-10/h2-6,8,12,15H,7H2,1H3,(H,18,19). The molecule has 2 unspecified atom stereocenters. The van der Waals surface area contributed by atoms with Gasteiger partial charge in [0.05, 0.1) is 5.37 Å². The van der Waals surface area contributed by atoms with Crippen LogP contribution in [0, 0.1) is 0 Å². The Morgan fingerprint density at radius 2 is 2.20 bits per heavy atom. The summed E-state index contributed by atoms with van der Waals surface area (Å²) in [6.45, 7) is 1.86. The van der Waals surface area contributed by atoms with Crippen molar-refractivity contribution in [2.45, 2.75) is 18.3 Å². The molecule has 5 nitrogen and oxygen atoms in total. The molecule has 2 atom stereocenters. The van der Waals surface area contributed by atoms with E-state index in [0.29, 0.717) is 11.3 Å². The zero-order valence-electron chi connectivity index (χ0n) is 10.9. The van der Waals surface area contributed by atoms with Gasteiger partial charge >= 0.3 is 5.97 Å². The smallest absolute Gasteiger partial charge is 0.327 e. The molecular formula is C14H14N2O3S. The fraction of sp³-hybridized carbons (Fsp3) is 0.286. The van der Waals surface area contributed by atoms with E-state index < -0.39 is 12.0 Å². The average Bonchev–Trinajstić information content (AvgIpc) is 3.03. The second-order valence-electron chi connectivity index (χ2n) is 4.78. The molecule has 0 spiro atoms. The monoisotopic (exact) mass is 290 g/mol. The Morgan fingerprint density at radius 1 is 1.40 bits per heavy atom. The van der Waals surface area contributed by atoms with Crippen LogP contribution in [-0.2, 0) is 4.79 Å². The molecule has 104 valence electrons. The van der Waals surface area contributed by atoms with E-state index in [1.165, 1.54) is 16.7 Å². The van der Waals surface area contributed by atoms with Crippen LogP contribution in [0.15, 0.2) is 30.5 Å². The van der Waals surface area contributed by atoms with Crippen LogP contribution in [0.2, 0.25) is 0 Å². The minimum Gasteiger partial charge on any atom is -0.480 e. The highest BCUT2D eigenvalue weighted by atomic mass is 32.2. The number of fused-ring (bicyclic) bond motifs is 1. The third kappa shape index (κ3) is 2.06. The van der Waals surface area contributed by atoms with Crippen molar-refractivity contribution in [1.29, 1.82) is 0 Å². The van der Waals surface area contributed by atoms with Crippen LogP contribution in [0.3, 0.4) is 0 Å². The number of carboxylic acid groups (broad SMARTS) is 1. The molecule has 0 radical (unpaired) electrons. The van der Waals surface area contributed by atoms with Crippen molar-refractivity contribution in [3.05, 3.63) is 36.0 Å².